The van der Waals surface area contributed by atoms with Gasteiger partial charge in [-0.2, -0.15) is 0 Å². The molecule has 0 spiro atoms. The summed E-state index contributed by atoms with van der Waals surface area (Å²) in [6, 6.07) is 9.03. The zero-order valence-electron chi connectivity index (χ0n) is 10.7. The Morgan fingerprint density at radius 2 is 1.82 bits per heavy atom. The molecule has 0 N–H and O–H groups in total. The molecule has 0 saturated carbocycles. The Morgan fingerprint density at radius 3 is 2.41 bits per heavy atom. The maximum atomic E-state index is 2.35. The van der Waals surface area contributed by atoms with Crippen molar-refractivity contribution in [2.75, 3.05) is 19.6 Å². The van der Waals surface area contributed by atoms with Crippen LogP contribution in [0.25, 0.3) is 0 Å². The molecule has 0 bridgehead atoms. The Morgan fingerprint density at radius 1 is 1.12 bits per heavy atom. The smallest absolute Gasteiger partial charge is 0.104 e. The second kappa shape index (κ2) is 6.20. The van der Waals surface area contributed by atoms with E-state index in [4.69, 9.17) is 0 Å². The molecule has 0 amide bonds. The Kier molecular flexibility index (Phi) is 5.20. The van der Waals surface area contributed by atoms with E-state index < -0.39 is 0 Å². The summed E-state index contributed by atoms with van der Waals surface area (Å²) in [6.07, 6.45) is 4.27. The zero-order chi connectivity index (χ0) is 11.4. The van der Waals surface area contributed by atoms with Gasteiger partial charge in [-0.15, -0.1) is 0 Å². The van der Waals surface area contributed by atoms with Gasteiger partial charge >= 0.3 is 0 Å². The molecule has 1 aliphatic rings. The highest BCUT2D eigenvalue weighted by molar-refractivity contribution is 5.21. The van der Waals surface area contributed by atoms with Crippen molar-refractivity contribution in [1.29, 1.82) is 0 Å². The SMILES string of the molecule is C.CC[N+]1(Cc2cccc(C)c2)CCCCC1. The molecule has 1 saturated heterocycles. The van der Waals surface area contributed by atoms with Crippen LogP contribution in [-0.2, 0) is 6.54 Å². The molecule has 1 nitrogen and oxygen atoms in total. The lowest BCUT2D eigenvalue weighted by atomic mass is 10.0. The molecule has 2 rings (SSSR count). The molecular formula is C16H28N+. The average molecular weight is 234 g/mol. The Labute approximate surface area is 107 Å². The fourth-order valence-electron chi connectivity index (χ4n) is 2.97. The van der Waals surface area contributed by atoms with E-state index in [1.807, 2.05) is 0 Å². The van der Waals surface area contributed by atoms with E-state index in [2.05, 4.69) is 38.1 Å². The van der Waals surface area contributed by atoms with Gasteiger partial charge in [0.15, 0.2) is 0 Å². The summed E-state index contributed by atoms with van der Waals surface area (Å²) < 4.78 is 1.31. The Bertz CT molecular complexity index is 337. The largest absolute Gasteiger partial charge is 0.320 e. The van der Waals surface area contributed by atoms with Gasteiger partial charge in [0.05, 0.1) is 19.6 Å². The normalized spacial score (nSPS) is 18.5. The molecule has 1 aromatic rings. The van der Waals surface area contributed by atoms with Gasteiger partial charge in [0.2, 0.25) is 0 Å². The summed E-state index contributed by atoms with van der Waals surface area (Å²) in [6.45, 7) is 9.82. The molecule has 96 valence electrons. The quantitative estimate of drug-likeness (QED) is 0.689. The number of quaternary nitrogens is 1. The van der Waals surface area contributed by atoms with Gasteiger partial charge in [0.1, 0.15) is 6.54 Å². The van der Waals surface area contributed by atoms with E-state index in [0.717, 1.165) is 0 Å². The molecule has 0 atom stereocenters. The number of hydrogen-bond donors (Lipinski definition) is 0. The Balaban J connectivity index is 0.00000144. The topological polar surface area (TPSA) is 0 Å². The van der Waals surface area contributed by atoms with Crippen LogP contribution in [0.5, 0.6) is 0 Å². The third kappa shape index (κ3) is 3.57. The minimum atomic E-state index is 0. The number of piperidine rings is 1. The van der Waals surface area contributed by atoms with Gasteiger partial charge in [-0.25, -0.2) is 0 Å². The lowest BCUT2D eigenvalue weighted by Gasteiger charge is -2.41. The van der Waals surface area contributed by atoms with Gasteiger partial charge in [-0.1, -0.05) is 37.3 Å². The summed E-state index contributed by atoms with van der Waals surface area (Å²) in [5, 5.41) is 0. The number of nitrogens with zero attached hydrogens (tertiary/aromatic N) is 1. The number of benzene rings is 1. The van der Waals surface area contributed by atoms with Crippen LogP contribution in [0, 0.1) is 6.92 Å². The Hall–Kier alpha value is -0.820. The van der Waals surface area contributed by atoms with Crippen molar-refractivity contribution in [2.45, 2.75) is 47.1 Å². The number of hydrogen-bond acceptors (Lipinski definition) is 0. The standard InChI is InChI=1S/C15H24N.CH4/c1-3-16(10-5-4-6-11-16)13-15-9-7-8-14(2)12-15;/h7-9,12H,3-6,10-11,13H2,1-2H3;1H4/q+1;. The molecule has 1 aromatic carbocycles. The summed E-state index contributed by atoms with van der Waals surface area (Å²) in [5.74, 6) is 0. The first-order chi connectivity index (χ1) is 7.74. The van der Waals surface area contributed by atoms with E-state index in [0.29, 0.717) is 0 Å². The maximum Gasteiger partial charge on any atom is 0.104 e. The third-order valence-corrected chi connectivity index (χ3v) is 4.04. The van der Waals surface area contributed by atoms with Crippen LogP contribution < -0.4 is 0 Å². The lowest BCUT2D eigenvalue weighted by molar-refractivity contribution is -0.943. The fourth-order valence-corrected chi connectivity index (χ4v) is 2.97. The van der Waals surface area contributed by atoms with Crippen molar-refractivity contribution >= 4 is 0 Å². The summed E-state index contributed by atoms with van der Waals surface area (Å²) in [5.41, 5.74) is 2.91. The van der Waals surface area contributed by atoms with Crippen molar-refractivity contribution in [2.24, 2.45) is 0 Å². The zero-order valence-corrected chi connectivity index (χ0v) is 10.7. The van der Waals surface area contributed by atoms with Crippen molar-refractivity contribution in [1.82, 2.24) is 0 Å². The molecule has 0 aromatic heterocycles. The maximum absolute atomic E-state index is 2.35. The molecular weight excluding hydrogens is 206 g/mol. The fraction of sp³-hybridized carbons (Fsp3) is 0.625. The molecule has 0 radical (unpaired) electrons. The van der Waals surface area contributed by atoms with Crippen LogP contribution in [0.3, 0.4) is 0 Å². The van der Waals surface area contributed by atoms with Crippen LogP contribution in [0.4, 0.5) is 0 Å². The van der Waals surface area contributed by atoms with E-state index in [9.17, 15) is 0 Å². The molecule has 1 heteroatoms. The minimum absolute atomic E-state index is 0. The van der Waals surface area contributed by atoms with E-state index in [1.165, 1.54) is 61.1 Å². The monoisotopic (exact) mass is 234 g/mol. The predicted molar refractivity (Wildman–Crippen MR) is 76.0 cm³/mol. The van der Waals surface area contributed by atoms with Crippen LogP contribution in [0.2, 0.25) is 0 Å². The summed E-state index contributed by atoms with van der Waals surface area (Å²) in [4.78, 5) is 0. The first-order valence-corrected chi connectivity index (χ1v) is 6.65. The van der Waals surface area contributed by atoms with Gasteiger partial charge in [-0.05, 0) is 33.1 Å². The molecule has 0 unspecified atom stereocenters. The van der Waals surface area contributed by atoms with Crippen molar-refractivity contribution in [3.63, 3.8) is 0 Å². The van der Waals surface area contributed by atoms with Crippen LogP contribution in [-0.4, -0.2) is 24.1 Å². The van der Waals surface area contributed by atoms with Gasteiger partial charge < -0.3 is 4.48 Å². The van der Waals surface area contributed by atoms with E-state index in [-0.39, 0.29) is 7.43 Å². The van der Waals surface area contributed by atoms with Crippen molar-refractivity contribution < 1.29 is 4.48 Å². The highest BCUT2D eigenvalue weighted by Gasteiger charge is 2.27. The average Bonchev–Trinajstić information content (AvgIpc) is 2.30. The van der Waals surface area contributed by atoms with Crippen molar-refractivity contribution in [3.8, 4) is 0 Å². The number of likely N-dealkylation sites (tertiary alicyclic amines) is 1. The molecule has 17 heavy (non-hydrogen) atoms. The molecule has 1 heterocycles. The number of rotatable bonds is 3. The molecule has 1 aliphatic heterocycles. The highest BCUT2D eigenvalue weighted by Crippen LogP contribution is 2.22. The lowest BCUT2D eigenvalue weighted by Crippen LogP contribution is -2.50. The predicted octanol–water partition coefficient (Wildman–Crippen LogP) is 4.15. The summed E-state index contributed by atoms with van der Waals surface area (Å²) >= 11 is 0. The van der Waals surface area contributed by atoms with Gasteiger partial charge in [-0.3, -0.25) is 0 Å². The molecule has 1 fully saturated rings. The number of aryl methyl sites for hydroxylation is 1. The van der Waals surface area contributed by atoms with Gasteiger partial charge in [0.25, 0.3) is 0 Å². The van der Waals surface area contributed by atoms with Crippen LogP contribution >= 0.6 is 0 Å². The van der Waals surface area contributed by atoms with Crippen LogP contribution in [0.1, 0.15) is 44.7 Å². The van der Waals surface area contributed by atoms with Crippen molar-refractivity contribution in [3.05, 3.63) is 35.4 Å². The second-order valence-electron chi connectivity index (χ2n) is 5.31. The second-order valence-corrected chi connectivity index (χ2v) is 5.31. The molecule has 0 aliphatic carbocycles. The van der Waals surface area contributed by atoms with E-state index in [1.54, 1.807) is 0 Å². The third-order valence-electron chi connectivity index (χ3n) is 4.04. The first kappa shape index (κ1) is 14.2. The van der Waals surface area contributed by atoms with E-state index >= 15 is 0 Å². The van der Waals surface area contributed by atoms with Crippen LogP contribution in [0.15, 0.2) is 24.3 Å². The van der Waals surface area contributed by atoms with Gasteiger partial charge in [0, 0.05) is 5.56 Å². The highest BCUT2D eigenvalue weighted by atomic mass is 15.3. The first-order valence-electron chi connectivity index (χ1n) is 6.65. The minimum Gasteiger partial charge on any atom is -0.320 e. The summed E-state index contributed by atoms with van der Waals surface area (Å²) in [7, 11) is 0.